The van der Waals surface area contributed by atoms with Crippen molar-refractivity contribution in [2.75, 3.05) is 6.54 Å². The van der Waals surface area contributed by atoms with Crippen molar-refractivity contribution in [1.29, 1.82) is 0 Å². The van der Waals surface area contributed by atoms with Crippen LogP contribution in [0.15, 0.2) is 36.4 Å². The molecule has 0 heterocycles. The second-order valence-corrected chi connectivity index (χ2v) is 5.11. The molecule has 2 aromatic rings. The van der Waals surface area contributed by atoms with Crippen LogP contribution in [0.3, 0.4) is 0 Å². The molecule has 2 aromatic carbocycles. The van der Waals surface area contributed by atoms with E-state index in [-0.39, 0.29) is 10.6 Å². The van der Waals surface area contributed by atoms with Gasteiger partial charge in [0.1, 0.15) is 5.82 Å². The van der Waals surface area contributed by atoms with E-state index < -0.39 is 23.5 Å². The lowest BCUT2D eigenvalue weighted by molar-refractivity contribution is 0.480. The fourth-order valence-corrected chi connectivity index (χ4v) is 2.32. The van der Waals surface area contributed by atoms with E-state index in [0.717, 1.165) is 12.5 Å². The first kappa shape index (κ1) is 15.9. The molecule has 0 spiro atoms. The van der Waals surface area contributed by atoms with Gasteiger partial charge >= 0.3 is 0 Å². The number of halogens is 4. The highest BCUT2D eigenvalue weighted by atomic mass is 35.5. The summed E-state index contributed by atoms with van der Waals surface area (Å²) in [7, 11) is 0. The lowest BCUT2D eigenvalue weighted by Gasteiger charge is -2.20. The average molecular weight is 314 g/mol. The highest BCUT2D eigenvalue weighted by Gasteiger charge is 2.20. The van der Waals surface area contributed by atoms with Crippen LogP contribution < -0.4 is 5.32 Å². The highest BCUT2D eigenvalue weighted by Crippen LogP contribution is 2.28. The van der Waals surface area contributed by atoms with E-state index in [4.69, 9.17) is 11.6 Å². The molecular formula is C16H15ClF3N. The Morgan fingerprint density at radius 2 is 1.86 bits per heavy atom. The number of benzene rings is 2. The van der Waals surface area contributed by atoms with Gasteiger partial charge in [0.25, 0.3) is 0 Å². The normalized spacial score (nSPS) is 12.4. The lowest BCUT2D eigenvalue weighted by Crippen LogP contribution is -2.24. The molecule has 0 saturated heterocycles. The van der Waals surface area contributed by atoms with Crippen molar-refractivity contribution >= 4 is 11.6 Å². The topological polar surface area (TPSA) is 12.0 Å². The van der Waals surface area contributed by atoms with Crippen LogP contribution in [0.25, 0.3) is 0 Å². The van der Waals surface area contributed by atoms with Crippen LogP contribution in [0.2, 0.25) is 5.02 Å². The first-order chi connectivity index (χ1) is 10.0. The zero-order valence-electron chi connectivity index (χ0n) is 11.5. The van der Waals surface area contributed by atoms with Gasteiger partial charge < -0.3 is 5.32 Å². The van der Waals surface area contributed by atoms with Crippen LogP contribution >= 0.6 is 11.6 Å². The summed E-state index contributed by atoms with van der Waals surface area (Å²) in [5.41, 5.74) is 0.755. The van der Waals surface area contributed by atoms with Crippen LogP contribution in [-0.4, -0.2) is 6.54 Å². The van der Waals surface area contributed by atoms with Crippen LogP contribution in [0.1, 0.15) is 30.5 Å². The summed E-state index contributed by atoms with van der Waals surface area (Å²) in [6.45, 7) is 2.57. The molecular weight excluding hydrogens is 299 g/mol. The smallest absolute Gasteiger partial charge is 0.163 e. The third-order valence-corrected chi connectivity index (χ3v) is 3.46. The molecule has 0 bridgehead atoms. The predicted octanol–water partition coefficient (Wildman–Crippen LogP) is 4.85. The molecule has 0 aromatic heterocycles. The molecule has 1 N–H and O–H groups in total. The van der Waals surface area contributed by atoms with Gasteiger partial charge in [0.15, 0.2) is 11.6 Å². The Morgan fingerprint density at radius 3 is 2.52 bits per heavy atom. The van der Waals surface area contributed by atoms with E-state index in [2.05, 4.69) is 5.32 Å². The van der Waals surface area contributed by atoms with Crippen LogP contribution in [-0.2, 0) is 0 Å². The van der Waals surface area contributed by atoms with Gasteiger partial charge in [-0.2, -0.15) is 0 Å². The number of hydrogen-bond acceptors (Lipinski definition) is 1. The van der Waals surface area contributed by atoms with Crippen LogP contribution in [0.5, 0.6) is 0 Å². The van der Waals surface area contributed by atoms with Gasteiger partial charge in [-0.3, -0.25) is 0 Å². The van der Waals surface area contributed by atoms with E-state index in [9.17, 15) is 13.2 Å². The van der Waals surface area contributed by atoms with E-state index in [0.29, 0.717) is 12.1 Å². The van der Waals surface area contributed by atoms with Crippen molar-refractivity contribution in [2.45, 2.75) is 19.4 Å². The summed E-state index contributed by atoms with van der Waals surface area (Å²) in [6, 6.07) is 7.58. The molecule has 0 fully saturated rings. The summed E-state index contributed by atoms with van der Waals surface area (Å²) in [5, 5.41) is 3.08. The van der Waals surface area contributed by atoms with Crippen molar-refractivity contribution in [2.24, 2.45) is 0 Å². The number of hydrogen-bond donors (Lipinski definition) is 1. The molecule has 112 valence electrons. The minimum atomic E-state index is -0.913. The minimum absolute atomic E-state index is 0.0485. The highest BCUT2D eigenvalue weighted by molar-refractivity contribution is 6.30. The van der Waals surface area contributed by atoms with Gasteiger partial charge in [-0.05, 0) is 36.7 Å². The Balaban J connectivity index is 2.47. The minimum Gasteiger partial charge on any atom is -0.306 e. The SMILES string of the molecule is CCCNC(c1ccc(F)c(Cl)c1)c1cccc(F)c1F. The predicted molar refractivity (Wildman–Crippen MR) is 77.9 cm³/mol. The maximum absolute atomic E-state index is 14.0. The van der Waals surface area contributed by atoms with E-state index >= 15 is 0 Å². The molecule has 5 heteroatoms. The quantitative estimate of drug-likeness (QED) is 0.832. The molecule has 0 aliphatic heterocycles. The van der Waals surface area contributed by atoms with Gasteiger partial charge in [0.2, 0.25) is 0 Å². The third kappa shape index (κ3) is 3.57. The third-order valence-electron chi connectivity index (χ3n) is 3.17. The van der Waals surface area contributed by atoms with Gasteiger partial charge in [0, 0.05) is 5.56 Å². The van der Waals surface area contributed by atoms with Gasteiger partial charge in [-0.1, -0.05) is 36.7 Å². The van der Waals surface area contributed by atoms with E-state index in [1.165, 1.54) is 30.3 Å². The van der Waals surface area contributed by atoms with E-state index in [1.807, 2.05) is 6.92 Å². The zero-order chi connectivity index (χ0) is 15.4. The molecule has 0 aliphatic carbocycles. The van der Waals surface area contributed by atoms with Crippen LogP contribution in [0, 0.1) is 17.5 Å². The Labute approximate surface area is 126 Å². The van der Waals surface area contributed by atoms with Gasteiger partial charge in [0.05, 0.1) is 11.1 Å². The Bertz CT molecular complexity index is 631. The van der Waals surface area contributed by atoms with Crippen molar-refractivity contribution in [1.82, 2.24) is 5.32 Å². The van der Waals surface area contributed by atoms with Crippen LogP contribution in [0.4, 0.5) is 13.2 Å². The summed E-state index contributed by atoms with van der Waals surface area (Å²) >= 11 is 5.78. The maximum Gasteiger partial charge on any atom is 0.163 e. The molecule has 1 unspecified atom stereocenters. The Hall–Kier alpha value is -1.52. The monoisotopic (exact) mass is 313 g/mol. The Morgan fingerprint density at radius 1 is 1.10 bits per heavy atom. The zero-order valence-corrected chi connectivity index (χ0v) is 12.2. The lowest BCUT2D eigenvalue weighted by atomic mass is 9.97. The molecule has 0 amide bonds. The summed E-state index contributed by atoms with van der Waals surface area (Å²) in [5.74, 6) is -2.37. The first-order valence-electron chi connectivity index (χ1n) is 6.66. The fraction of sp³-hybridized carbons (Fsp3) is 0.250. The maximum atomic E-state index is 14.0. The summed E-state index contributed by atoms with van der Waals surface area (Å²) < 4.78 is 40.7. The Kier molecular flexibility index (Phi) is 5.26. The second kappa shape index (κ2) is 6.96. The molecule has 0 aliphatic rings. The number of rotatable bonds is 5. The molecule has 2 rings (SSSR count). The molecule has 1 atom stereocenters. The fourth-order valence-electron chi connectivity index (χ4n) is 2.13. The first-order valence-corrected chi connectivity index (χ1v) is 7.04. The van der Waals surface area contributed by atoms with E-state index in [1.54, 1.807) is 0 Å². The standard InChI is InChI=1S/C16H15ClF3N/c1-2-8-21-16(10-6-7-13(18)12(17)9-10)11-4-3-5-14(19)15(11)20/h3-7,9,16,21H,2,8H2,1H3. The molecule has 0 saturated carbocycles. The number of nitrogens with one attached hydrogen (secondary N) is 1. The average Bonchev–Trinajstić information content (AvgIpc) is 2.47. The second-order valence-electron chi connectivity index (χ2n) is 4.70. The van der Waals surface area contributed by atoms with Gasteiger partial charge in [-0.25, -0.2) is 13.2 Å². The van der Waals surface area contributed by atoms with Crippen molar-refractivity contribution in [3.05, 3.63) is 70.0 Å². The summed E-state index contributed by atoms with van der Waals surface area (Å²) in [6.07, 6.45) is 0.822. The molecule has 1 nitrogen and oxygen atoms in total. The largest absolute Gasteiger partial charge is 0.306 e. The summed E-state index contributed by atoms with van der Waals surface area (Å²) in [4.78, 5) is 0. The van der Waals surface area contributed by atoms with Crippen molar-refractivity contribution in [3.63, 3.8) is 0 Å². The molecule has 21 heavy (non-hydrogen) atoms. The van der Waals surface area contributed by atoms with Crippen molar-refractivity contribution in [3.8, 4) is 0 Å². The van der Waals surface area contributed by atoms with Gasteiger partial charge in [-0.15, -0.1) is 0 Å². The molecule has 0 radical (unpaired) electrons. The van der Waals surface area contributed by atoms with Crippen molar-refractivity contribution < 1.29 is 13.2 Å².